The summed E-state index contributed by atoms with van der Waals surface area (Å²) in [5, 5.41) is 3.97. The molecule has 152 valence electrons. The maximum atomic E-state index is 12.4. The molecule has 0 saturated heterocycles. The number of nitrogens with zero attached hydrogens (tertiary/aromatic N) is 2. The minimum absolute atomic E-state index is 0.00488. The summed E-state index contributed by atoms with van der Waals surface area (Å²) >= 11 is 0. The zero-order valence-electron chi connectivity index (χ0n) is 16.2. The fraction of sp³-hybridized carbons (Fsp3) is 0.286. The molecule has 3 N–H and O–H groups in total. The van der Waals surface area contributed by atoms with Crippen LogP contribution in [0.4, 0.5) is 0 Å². The Labute approximate surface area is 170 Å². The lowest BCUT2D eigenvalue weighted by atomic mass is 9.84. The number of nitrogens with two attached hydrogens (primary N) is 1. The lowest BCUT2D eigenvalue weighted by Gasteiger charge is -2.32. The van der Waals surface area contributed by atoms with Gasteiger partial charge in [0.05, 0.1) is 0 Å². The van der Waals surface area contributed by atoms with Crippen molar-refractivity contribution in [2.75, 3.05) is 6.61 Å². The number of sulfonamides is 1. The van der Waals surface area contributed by atoms with E-state index >= 15 is 0 Å². The van der Waals surface area contributed by atoms with Crippen LogP contribution in [0.2, 0.25) is 0 Å². The fourth-order valence-corrected chi connectivity index (χ4v) is 4.56. The highest BCUT2D eigenvalue weighted by molar-refractivity contribution is 7.89. The van der Waals surface area contributed by atoms with Crippen LogP contribution < -0.4 is 15.2 Å². The summed E-state index contributed by atoms with van der Waals surface area (Å²) in [5.41, 5.74) is 9.44. The van der Waals surface area contributed by atoms with E-state index in [-0.39, 0.29) is 23.5 Å². The molecule has 3 aromatic rings. The summed E-state index contributed by atoms with van der Waals surface area (Å²) in [6.45, 7) is 0.635. The highest BCUT2D eigenvalue weighted by Gasteiger charge is 2.29. The summed E-state index contributed by atoms with van der Waals surface area (Å²) in [6, 6.07) is 17.3. The van der Waals surface area contributed by atoms with Crippen LogP contribution >= 0.6 is 0 Å². The molecule has 2 heterocycles. The molecule has 2 atom stereocenters. The van der Waals surface area contributed by atoms with E-state index in [0.717, 1.165) is 23.3 Å². The lowest BCUT2D eigenvalue weighted by Crippen LogP contribution is -2.39. The van der Waals surface area contributed by atoms with Gasteiger partial charge in [-0.1, -0.05) is 42.5 Å². The largest absolute Gasteiger partial charge is 0.492 e. The number of benzene rings is 2. The van der Waals surface area contributed by atoms with E-state index < -0.39 is 10.0 Å². The van der Waals surface area contributed by atoms with Crippen LogP contribution in [0.1, 0.15) is 22.6 Å². The number of nitrogens with one attached hydrogen (secondary N) is 1. The van der Waals surface area contributed by atoms with E-state index in [9.17, 15) is 8.42 Å². The molecule has 0 fully saturated rings. The van der Waals surface area contributed by atoms with Gasteiger partial charge >= 0.3 is 0 Å². The van der Waals surface area contributed by atoms with Crippen molar-refractivity contribution in [3.05, 3.63) is 77.5 Å². The third-order valence-electron chi connectivity index (χ3n) is 5.15. The third-order valence-corrected chi connectivity index (χ3v) is 6.44. The van der Waals surface area contributed by atoms with Gasteiger partial charge in [0.25, 0.3) is 10.0 Å². The molecule has 4 rings (SSSR count). The molecule has 0 radical (unpaired) electrons. The Bertz CT molecular complexity index is 1100. The molecule has 2 unspecified atom stereocenters. The van der Waals surface area contributed by atoms with Crippen molar-refractivity contribution in [2.45, 2.75) is 30.0 Å². The zero-order chi connectivity index (χ0) is 20.4. The van der Waals surface area contributed by atoms with E-state index in [1.165, 1.54) is 16.3 Å². The summed E-state index contributed by atoms with van der Waals surface area (Å²) in [6.07, 6.45) is 2.40. The van der Waals surface area contributed by atoms with Gasteiger partial charge in [-0.2, -0.15) is 5.10 Å². The van der Waals surface area contributed by atoms with Gasteiger partial charge < -0.3 is 10.5 Å². The van der Waals surface area contributed by atoms with Gasteiger partial charge in [0.1, 0.15) is 12.4 Å². The second kappa shape index (κ2) is 7.98. The van der Waals surface area contributed by atoms with E-state index in [1.54, 1.807) is 13.2 Å². The first-order valence-corrected chi connectivity index (χ1v) is 10.9. The van der Waals surface area contributed by atoms with Crippen LogP contribution in [0.5, 0.6) is 5.75 Å². The number of ether oxygens (including phenoxy) is 1. The maximum absolute atomic E-state index is 12.4. The predicted octanol–water partition coefficient (Wildman–Crippen LogP) is 1.94. The number of aryl methyl sites for hydroxylation is 1. The Morgan fingerprint density at radius 3 is 2.69 bits per heavy atom. The van der Waals surface area contributed by atoms with Gasteiger partial charge in [-0.05, 0) is 35.2 Å². The van der Waals surface area contributed by atoms with Crippen molar-refractivity contribution >= 4 is 10.0 Å². The zero-order valence-corrected chi connectivity index (χ0v) is 17.0. The van der Waals surface area contributed by atoms with Crippen LogP contribution in [-0.4, -0.2) is 30.8 Å². The predicted molar refractivity (Wildman–Crippen MR) is 110 cm³/mol. The van der Waals surface area contributed by atoms with Gasteiger partial charge in [0.2, 0.25) is 0 Å². The molecule has 0 bridgehead atoms. The molecular formula is C21H24N4O3S. The van der Waals surface area contributed by atoms with Gasteiger partial charge in [-0.25, -0.2) is 13.1 Å². The molecule has 7 nitrogen and oxygen atoms in total. The fourth-order valence-electron chi connectivity index (χ4n) is 3.58. The highest BCUT2D eigenvalue weighted by Crippen LogP contribution is 2.36. The molecular weight excluding hydrogens is 388 g/mol. The van der Waals surface area contributed by atoms with Crippen molar-refractivity contribution in [1.82, 2.24) is 14.5 Å². The van der Waals surface area contributed by atoms with Crippen molar-refractivity contribution in [2.24, 2.45) is 12.8 Å². The van der Waals surface area contributed by atoms with Gasteiger partial charge in [-0.3, -0.25) is 4.68 Å². The summed E-state index contributed by atoms with van der Waals surface area (Å²) in [4.78, 5) is 0. The van der Waals surface area contributed by atoms with Crippen LogP contribution in [0.15, 0.2) is 65.8 Å². The molecule has 1 aliphatic rings. The molecule has 8 heteroatoms. The second-order valence-corrected chi connectivity index (χ2v) is 9.01. The number of hydrogen-bond donors (Lipinski definition) is 2. The topological polar surface area (TPSA) is 99.2 Å². The maximum Gasteiger partial charge on any atom is 0.260 e. The highest BCUT2D eigenvalue weighted by atomic mass is 32.2. The molecule has 0 spiro atoms. The summed E-state index contributed by atoms with van der Waals surface area (Å²) in [7, 11) is -1.99. The average Bonchev–Trinajstić information content (AvgIpc) is 3.17. The Hall–Kier alpha value is -2.68. The molecule has 29 heavy (non-hydrogen) atoms. The number of fused-ring (bicyclic) bond motifs is 1. The van der Waals surface area contributed by atoms with Gasteiger partial charge in [-0.15, -0.1) is 0 Å². The molecule has 0 saturated carbocycles. The van der Waals surface area contributed by atoms with Crippen LogP contribution in [0.3, 0.4) is 0 Å². The first-order chi connectivity index (χ1) is 13.9. The monoisotopic (exact) mass is 412 g/mol. The normalized spacial score (nSPS) is 18.8. The first-order valence-electron chi connectivity index (χ1n) is 9.47. The minimum Gasteiger partial charge on any atom is -0.492 e. The third kappa shape index (κ3) is 4.34. The number of aromatic nitrogens is 2. The van der Waals surface area contributed by atoms with Gasteiger partial charge in [0.15, 0.2) is 5.03 Å². The van der Waals surface area contributed by atoms with Gasteiger partial charge in [0, 0.05) is 31.7 Å². The molecule has 2 aromatic carbocycles. The molecule has 0 amide bonds. The van der Waals surface area contributed by atoms with Crippen LogP contribution in [0, 0.1) is 0 Å². The van der Waals surface area contributed by atoms with Crippen LogP contribution in [0.25, 0.3) is 0 Å². The summed E-state index contributed by atoms with van der Waals surface area (Å²) < 4.78 is 34.7. The number of rotatable bonds is 6. The quantitative estimate of drug-likeness (QED) is 0.645. The van der Waals surface area contributed by atoms with E-state index in [4.69, 9.17) is 10.5 Å². The average molecular weight is 413 g/mol. The summed E-state index contributed by atoms with van der Waals surface area (Å²) in [5.74, 6) is 0.914. The van der Waals surface area contributed by atoms with E-state index in [2.05, 4.69) is 22.0 Å². The minimum atomic E-state index is -3.67. The van der Waals surface area contributed by atoms with Crippen molar-refractivity contribution in [3.63, 3.8) is 0 Å². The second-order valence-electron chi connectivity index (χ2n) is 7.30. The molecule has 1 aliphatic heterocycles. The van der Waals surface area contributed by atoms with Crippen LogP contribution in [-0.2, 0) is 30.0 Å². The Morgan fingerprint density at radius 1 is 1.17 bits per heavy atom. The van der Waals surface area contributed by atoms with Crippen molar-refractivity contribution < 1.29 is 13.2 Å². The van der Waals surface area contributed by atoms with E-state index in [1.807, 2.05) is 36.4 Å². The Morgan fingerprint density at radius 2 is 1.97 bits per heavy atom. The standard InChI is InChI=1S/C21H24N4O3S/c1-25-10-9-21(24-25)29(26,27)23-13-16-7-8-20-18(12-16)17(19(22)14-28-20)11-15-5-3-2-4-6-15/h2-10,12,17,19,23H,11,13-14,22H2,1H3. The molecule has 0 aliphatic carbocycles. The SMILES string of the molecule is Cn1ccc(S(=O)(=O)NCc2ccc3c(c2)C(Cc2ccccc2)C(N)CO3)n1. The van der Waals surface area contributed by atoms with E-state index in [0.29, 0.717) is 6.61 Å². The number of hydrogen-bond acceptors (Lipinski definition) is 5. The first kappa shape index (κ1) is 19.6. The lowest BCUT2D eigenvalue weighted by molar-refractivity contribution is 0.238. The molecule has 1 aromatic heterocycles. The smallest absolute Gasteiger partial charge is 0.260 e. The Balaban J connectivity index is 1.55. The van der Waals surface area contributed by atoms with Crippen molar-refractivity contribution in [1.29, 1.82) is 0 Å². The van der Waals surface area contributed by atoms with Crippen molar-refractivity contribution in [3.8, 4) is 5.75 Å². The Kier molecular flexibility index (Phi) is 5.40.